The van der Waals surface area contributed by atoms with Crippen LogP contribution in [0.25, 0.3) is 11.0 Å². The Morgan fingerprint density at radius 1 is 1.50 bits per heavy atom. The lowest BCUT2D eigenvalue weighted by Gasteiger charge is -2.04. The first-order chi connectivity index (χ1) is 8.53. The van der Waals surface area contributed by atoms with E-state index in [-0.39, 0.29) is 29.9 Å². The smallest absolute Gasteiger partial charge is 0.253 e. The lowest BCUT2D eigenvalue weighted by Crippen LogP contribution is -2.05. The van der Waals surface area contributed by atoms with Crippen molar-refractivity contribution in [1.29, 1.82) is 0 Å². The van der Waals surface area contributed by atoms with E-state index < -0.39 is 17.7 Å². The van der Waals surface area contributed by atoms with Gasteiger partial charge in [0.1, 0.15) is 17.4 Å². The highest BCUT2D eigenvalue weighted by atomic mass is 19.3. The number of hydrogen-bond acceptors (Lipinski definition) is 3. The van der Waals surface area contributed by atoms with E-state index in [1.54, 1.807) is 0 Å². The van der Waals surface area contributed by atoms with Crippen molar-refractivity contribution in [1.82, 2.24) is 14.5 Å². The molecule has 7 heteroatoms. The van der Waals surface area contributed by atoms with E-state index in [2.05, 4.69) is 9.97 Å². The summed E-state index contributed by atoms with van der Waals surface area (Å²) in [5, 5.41) is 0.129. The first-order valence-corrected chi connectivity index (χ1v) is 5.44. The number of aromatic nitrogens is 3. The average Bonchev–Trinajstić information content (AvgIpc) is 2.80. The van der Waals surface area contributed by atoms with Crippen LogP contribution >= 0.6 is 0 Å². The largest absolute Gasteiger partial charge is 0.480 e. The fourth-order valence-electron chi connectivity index (χ4n) is 2.05. The molecule has 0 aromatic carbocycles. The predicted molar refractivity (Wildman–Crippen MR) is 57.1 cm³/mol. The van der Waals surface area contributed by atoms with Gasteiger partial charge in [0.2, 0.25) is 5.88 Å². The first-order valence-electron chi connectivity index (χ1n) is 5.44. The van der Waals surface area contributed by atoms with Gasteiger partial charge in [-0.05, 0) is 0 Å². The van der Waals surface area contributed by atoms with Crippen LogP contribution in [-0.4, -0.2) is 27.6 Å². The van der Waals surface area contributed by atoms with Crippen LogP contribution in [0.1, 0.15) is 6.42 Å². The van der Waals surface area contributed by atoms with Gasteiger partial charge in [-0.15, -0.1) is 0 Å². The third-order valence-electron chi connectivity index (χ3n) is 3.14. The Morgan fingerprint density at radius 3 is 2.83 bits per heavy atom. The molecule has 2 aromatic heterocycles. The third kappa shape index (κ3) is 1.61. The van der Waals surface area contributed by atoms with Crippen molar-refractivity contribution in [3.63, 3.8) is 0 Å². The molecule has 0 N–H and O–H groups in total. The van der Waals surface area contributed by atoms with Crippen molar-refractivity contribution >= 4 is 11.0 Å². The summed E-state index contributed by atoms with van der Waals surface area (Å²) in [5.74, 6) is -3.83. The number of ether oxygens (including phenoxy) is 1. The molecule has 0 aliphatic heterocycles. The van der Waals surface area contributed by atoms with E-state index in [9.17, 15) is 13.2 Å². The molecule has 1 atom stereocenters. The Hall–Kier alpha value is -1.79. The molecular formula is C11H10F3N3O. The van der Waals surface area contributed by atoms with Gasteiger partial charge in [-0.1, -0.05) is 0 Å². The predicted octanol–water partition coefficient (Wildman–Crippen LogP) is 2.23. The lowest BCUT2D eigenvalue weighted by molar-refractivity contribution is 0.0953. The van der Waals surface area contributed by atoms with Gasteiger partial charge in [0.15, 0.2) is 5.82 Å². The number of hydrogen-bond donors (Lipinski definition) is 0. The zero-order valence-electron chi connectivity index (χ0n) is 9.53. The van der Waals surface area contributed by atoms with Gasteiger partial charge >= 0.3 is 0 Å². The SMILES string of the molecule is COc1ncnc2c1c(F)cn2CC1CC1(F)F. The molecule has 18 heavy (non-hydrogen) atoms. The number of nitrogens with zero attached hydrogens (tertiary/aromatic N) is 3. The first kappa shape index (κ1) is 11.3. The third-order valence-corrected chi connectivity index (χ3v) is 3.14. The monoisotopic (exact) mass is 257 g/mol. The molecule has 1 fully saturated rings. The number of rotatable bonds is 3. The fraction of sp³-hybridized carbons (Fsp3) is 0.455. The molecule has 3 rings (SSSR count). The molecule has 1 aliphatic rings. The Labute approximate surface area is 100 Å². The highest BCUT2D eigenvalue weighted by Crippen LogP contribution is 2.49. The molecule has 0 radical (unpaired) electrons. The summed E-state index contributed by atoms with van der Waals surface area (Å²) in [7, 11) is 1.37. The Bertz CT molecular complexity index is 611. The van der Waals surface area contributed by atoms with Gasteiger partial charge in [-0.2, -0.15) is 0 Å². The molecule has 4 nitrogen and oxygen atoms in total. The molecule has 0 amide bonds. The molecule has 96 valence electrons. The van der Waals surface area contributed by atoms with Crippen molar-refractivity contribution in [3.8, 4) is 5.88 Å². The van der Waals surface area contributed by atoms with Gasteiger partial charge in [0.25, 0.3) is 5.92 Å². The molecule has 2 heterocycles. The van der Waals surface area contributed by atoms with Crippen LogP contribution in [0.2, 0.25) is 0 Å². The zero-order chi connectivity index (χ0) is 12.9. The Kier molecular flexibility index (Phi) is 2.26. The van der Waals surface area contributed by atoms with Crippen LogP contribution in [0.4, 0.5) is 13.2 Å². The maximum absolute atomic E-state index is 13.7. The molecule has 0 bridgehead atoms. The van der Waals surface area contributed by atoms with Crippen molar-refractivity contribution in [2.45, 2.75) is 18.9 Å². The minimum Gasteiger partial charge on any atom is -0.480 e. The zero-order valence-corrected chi connectivity index (χ0v) is 9.53. The van der Waals surface area contributed by atoms with E-state index in [1.807, 2.05) is 0 Å². The van der Waals surface area contributed by atoms with E-state index in [1.165, 1.54) is 18.0 Å². The highest BCUT2D eigenvalue weighted by molar-refractivity contribution is 5.82. The van der Waals surface area contributed by atoms with E-state index >= 15 is 0 Å². The summed E-state index contributed by atoms with van der Waals surface area (Å²) in [6.07, 6.45) is 2.23. The summed E-state index contributed by atoms with van der Waals surface area (Å²) in [6, 6.07) is 0. The van der Waals surface area contributed by atoms with Gasteiger partial charge < -0.3 is 9.30 Å². The summed E-state index contributed by atoms with van der Waals surface area (Å²) in [4.78, 5) is 7.71. The Morgan fingerprint density at radius 2 is 2.22 bits per heavy atom. The summed E-state index contributed by atoms with van der Waals surface area (Å²) < 4.78 is 45.8. The van der Waals surface area contributed by atoms with E-state index in [0.717, 1.165) is 6.20 Å². The normalized spacial score (nSPS) is 21.2. The van der Waals surface area contributed by atoms with Gasteiger partial charge in [0, 0.05) is 25.1 Å². The van der Waals surface area contributed by atoms with Crippen LogP contribution < -0.4 is 4.74 Å². The molecule has 0 saturated heterocycles. The minimum atomic E-state index is -2.63. The van der Waals surface area contributed by atoms with Crippen molar-refractivity contribution in [2.24, 2.45) is 5.92 Å². The maximum Gasteiger partial charge on any atom is 0.253 e. The Balaban J connectivity index is 2.03. The quantitative estimate of drug-likeness (QED) is 0.846. The number of methoxy groups -OCH3 is 1. The molecule has 1 unspecified atom stereocenters. The van der Waals surface area contributed by atoms with E-state index in [0.29, 0.717) is 0 Å². The topological polar surface area (TPSA) is 39.9 Å². The number of alkyl halides is 2. The second-order valence-corrected chi connectivity index (χ2v) is 4.37. The van der Waals surface area contributed by atoms with Crippen LogP contribution in [0, 0.1) is 11.7 Å². The van der Waals surface area contributed by atoms with Crippen molar-refractivity contribution in [2.75, 3.05) is 7.11 Å². The number of fused-ring (bicyclic) bond motifs is 1. The standard InChI is InChI=1S/C11H10F3N3O/c1-18-10-8-7(12)4-17(9(8)15-5-16-10)3-6-2-11(6,13)14/h4-6H,2-3H2,1H3. The van der Waals surface area contributed by atoms with Crippen LogP contribution in [0.3, 0.4) is 0 Å². The minimum absolute atomic E-state index is 0.0492. The van der Waals surface area contributed by atoms with Crippen LogP contribution in [-0.2, 0) is 6.54 Å². The summed E-state index contributed by atoms with van der Waals surface area (Å²) in [6.45, 7) is 0.0492. The van der Waals surface area contributed by atoms with Gasteiger partial charge in [-0.25, -0.2) is 23.1 Å². The molecule has 1 aliphatic carbocycles. The van der Waals surface area contributed by atoms with Crippen LogP contribution in [0.15, 0.2) is 12.5 Å². The second kappa shape index (κ2) is 3.60. The molecule has 1 saturated carbocycles. The van der Waals surface area contributed by atoms with Crippen LogP contribution in [0.5, 0.6) is 5.88 Å². The fourth-order valence-corrected chi connectivity index (χ4v) is 2.05. The molecular weight excluding hydrogens is 247 g/mol. The van der Waals surface area contributed by atoms with Crippen molar-refractivity contribution in [3.05, 3.63) is 18.3 Å². The highest BCUT2D eigenvalue weighted by Gasteiger charge is 2.56. The van der Waals surface area contributed by atoms with Crippen molar-refractivity contribution < 1.29 is 17.9 Å². The average molecular weight is 257 g/mol. The van der Waals surface area contributed by atoms with Gasteiger partial charge in [0.05, 0.1) is 7.11 Å². The lowest BCUT2D eigenvalue weighted by atomic mass is 10.4. The molecule has 0 spiro atoms. The van der Waals surface area contributed by atoms with Gasteiger partial charge in [-0.3, -0.25) is 0 Å². The van der Waals surface area contributed by atoms with E-state index in [4.69, 9.17) is 4.74 Å². The maximum atomic E-state index is 13.7. The molecule has 2 aromatic rings. The summed E-state index contributed by atoms with van der Waals surface area (Å²) in [5.41, 5.74) is 0.280. The second-order valence-electron chi connectivity index (χ2n) is 4.37. The number of halogens is 3. The summed E-state index contributed by atoms with van der Waals surface area (Å²) >= 11 is 0.